The molecule has 31 heavy (non-hydrogen) atoms. The van der Waals surface area contributed by atoms with Crippen LogP contribution in [0.4, 0.5) is 0 Å². The second kappa shape index (κ2) is 15.9. The van der Waals surface area contributed by atoms with Gasteiger partial charge in [0.1, 0.15) is 0 Å². The summed E-state index contributed by atoms with van der Waals surface area (Å²) in [5.74, 6) is -0.499. The molecule has 5 heteroatoms. The first-order chi connectivity index (χ1) is 14.9. The minimum absolute atomic E-state index is 0.190. The van der Waals surface area contributed by atoms with E-state index in [-0.39, 0.29) is 11.8 Å². The lowest BCUT2D eigenvalue weighted by molar-refractivity contribution is -0.118. The molecule has 0 spiro atoms. The number of amides is 2. The molecule has 0 aliphatic rings. The maximum Gasteiger partial charge on any atom is 0.257 e. The van der Waals surface area contributed by atoms with E-state index in [1.807, 2.05) is 13.0 Å². The summed E-state index contributed by atoms with van der Waals surface area (Å²) in [4.78, 5) is 27.6. The Kier molecular flexibility index (Phi) is 13.8. The molecule has 0 aliphatic carbocycles. The van der Waals surface area contributed by atoms with E-state index in [1.54, 1.807) is 61.7 Å². The Labute approximate surface area is 185 Å². The van der Waals surface area contributed by atoms with Crippen LogP contribution in [0.2, 0.25) is 0 Å². The SMILES string of the molecule is C=C\C(=C/C=C(C=C)/C(C=C)=C/C=C(\C=C)NC(=O)/C(C=NC)=C/C=C\C)NC(C)=O. The van der Waals surface area contributed by atoms with Crippen molar-refractivity contribution in [3.63, 3.8) is 0 Å². The number of aliphatic imine (C=N–C) groups is 1. The highest BCUT2D eigenvalue weighted by molar-refractivity contribution is 6.13. The van der Waals surface area contributed by atoms with Crippen LogP contribution in [0.1, 0.15) is 13.8 Å². The average Bonchev–Trinajstić information content (AvgIpc) is 2.76. The number of allylic oxidation sites excluding steroid dienone is 13. The van der Waals surface area contributed by atoms with Gasteiger partial charge in [0, 0.05) is 31.6 Å². The third kappa shape index (κ3) is 10.9. The fourth-order valence-corrected chi connectivity index (χ4v) is 2.17. The number of carbonyl (C=O) groups excluding carboxylic acids is 2. The Hall–Kier alpha value is -3.99. The molecule has 2 amide bonds. The summed E-state index contributed by atoms with van der Waals surface area (Å²) >= 11 is 0. The van der Waals surface area contributed by atoms with Gasteiger partial charge in [-0.25, -0.2) is 0 Å². The fraction of sp³-hybridized carbons (Fsp3) is 0.115. The molecule has 0 fully saturated rings. The molecular formula is C26H31N3O2. The van der Waals surface area contributed by atoms with Crippen LogP contribution in [0.25, 0.3) is 0 Å². The summed E-state index contributed by atoms with van der Waals surface area (Å²) in [7, 11) is 1.60. The lowest BCUT2D eigenvalue weighted by Crippen LogP contribution is -2.24. The molecule has 0 radical (unpaired) electrons. The third-order valence-electron chi connectivity index (χ3n) is 3.67. The Morgan fingerprint density at radius 2 is 1.26 bits per heavy atom. The van der Waals surface area contributed by atoms with Gasteiger partial charge in [-0.15, -0.1) is 0 Å². The summed E-state index contributed by atoms with van der Waals surface area (Å²) in [5.41, 5.74) is 2.99. The van der Waals surface area contributed by atoms with Crippen LogP contribution in [0, 0.1) is 0 Å². The monoisotopic (exact) mass is 417 g/mol. The first-order valence-electron chi connectivity index (χ1n) is 9.54. The smallest absolute Gasteiger partial charge is 0.257 e. The Morgan fingerprint density at radius 1 is 0.742 bits per heavy atom. The number of rotatable bonds is 12. The van der Waals surface area contributed by atoms with Gasteiger partial charge < -0.3 is 10.6 Å². The standard InChI is InChI=1S/C26H31N3O2/c1-8-13-14-23(19-27-7)26(31)29-25(12-5)18-16-22(10-3)21(9-2)15-17-24(11-4)28-20(6)30/h8-19H,2-5H2,1,6-7H3,(H,28,30)(H,29,31)/b13-8-,21-15+,22-16+,23-14+,24-17+,25-18+,27-19?. The van der Waals surface area contributed by atoms with E-state index in [2.05, 4.69) is 41.9 Å². The van der Waals surface area contributed by atoms with E-state index in [0.717, 1.165) is 11.1 Å². The topological polar surface area (TPSA) is 70.6 Å². The van der Waals surface area contributed by atoms with Crippen molar-refractivity contribution < 1.29 is 9.59 Å². The van der Waals surface area contributed by atoms with Crippen molar-refractivity contribution >= 4 is 18.0 Å². The third-order valence-corrected chi connectivity index (χ3v) is 3.67. The van der Waals surface area contributed by atoms with Crippen LogP contribution in [0.15, 0.2) is 126 Å². The zero-order chi connectivity index (χ0) is 23.6. The number of nitrogens with zero attached hydrogens (tertiary/aromatic N) is 1. The van der Waals surface area contributed by atoms with Gasteiger partial charge >= 0.3 is 0 Å². The second-order valence-electron chi connectivity index (χ2n) is 5.97. The summed E-state index contributed by atoms with van der Waals surface area (Å²) in [6.07, 6.45) is 20.1. The van der Waals surface area contributed by atoms with Crippen LogP contribution >= 0.6 is 0 Å². The van der Waals surface area contributed by atoms with Gasteiger partial charge in [0.2, 0.25) is 5.91 Å². The molecule has 0 aromatic carbocycles. The summed E-state index contributed by atoms with van der Waals surface area (Å²) in [5, 5.41) is 5.46. The molecule has 162 valence electrons. The van der Waals surface area contributed by atoms with Crippen molar-refractivity contribution in [2.24, 2.45) is 4.99 Å². The highest BCUT2D eigenvalue weighted by Crippen LogP contribution is 2.14. The van der Waals surface area contributed by atoms with E-state index < -0.39 is 0 Å². The molecule has 2 N–H and O–H groups in total. The van der Waals surface area contributed by atoms with Crippen LogP contribution in [-0.2, 0) is 9.59 Å². The quantitative estimate of drug-likeness (QED) is 0.272. The van der Waals surface area contributed by atoms with Crippen LogP contribution in [0.3, 0.4) is 0 Å². The highest BCUT2D eigenvalue weighted by atomic mass is 16.2. The molecular weight excluding hydrogens is 386 g/mol. The maximum absolute atomic E-state index is 12.5. The van der Waals surface area contributed by atoms with Gasteiger partial charge in [-0.3, -0.25) is 14.6 Å². The van der Waals surface area contributed by atoms with Gasteiger partial charge in [0.25, 0.3) is 5.91 Å². The predicted octanol–water partition coefficient (Wildman–Crippen LogP) is 4.81. The summed E-state index contributed by atoms with van der Waals surface area (Å²) in [6, 6.07) is 0. The minimum Gasteiger partial charge on any atom is -0.326 e. The molecule has 0 rings (SSSR count). The van der Waals surface area contributed by atoms with Gasteiger partial charge in [-0.2, -0.15) is 0 Å². The van der Waals surface area contributed by atoms with Crippen molar-refractivity contribution in [1.82, 2.24) is 10.6 Å². The van der Waals surface area contributed by atoms with E-state index in [1.165, 1.54) is 19.2 Å². The molecule has 0 saturated heterocycles. The van der Waals surface area contributed by atoms with Gasteiger partial charge in [0.15, 0.2) is 0 Å². The Bertz CT molecular complexity index is 920. The zero-order valence-electron chi connectivity index (χ0n) is 18.5. The molecule has 0 saturated carbocycles. The van der Waals surface area contributed by atoms with Gasteiger partial charge in [0.05, 0.1) is 5.57 Å². The van der Waals surface area contributed by atoms with E-state index >= 15 is 0 Å². The number of carbonyl (C=O) groups is 2. The van der Waals surface area contributed by atoms with E-state index in [9.17, 15) is 9.59 Å². The summed E-state index contributed by atoms with van der Waals surface area (Å²) in [6.45, 7) is 18.4. The van der Waals surface area contributed by atoms with Crippen molar-refractivity contribution in [3.8, 4) is 0 Å². The molecule has 0 aliphatic heterocycles. The molecule has 5 nitrogen and oxygen atoms in total. The number of nitrogens with one attached hydrogen (secondary N) is 2. The van der Waals surface area contributed by atoms with Crippen molar-refractivity contribution in [2.45, 2.75) is 13.8 Å². The largest absolute Gasteiger partial charge is 0.326 e. The number of hydrogen-bond donors (Lipinski definition) is 2. The molecule has 0 aromatic rings. The molecule has 0 atom stereocenters. The maximum atomic E-state index is 12.5. The van der Waals surface area contributed by atoms with Crippen LogP contribution < -0.4 is 10.6 Å². The molecule has 0 unspecified atom stereocenters. The second-order valence-corrected chi connectivity index (χ2v) is 5.97. The normalized spacial score (nSPS) is 13.8. The first-order valence-corrected chi connectivity index (χ1v) is 9.54. The van der Waals surface area contributed by atoms with E-state index in [4.69, 9.17) is 0 Å². The molecule has 0 bridgehead atoms. The van der Waals surface area contributed by atoms with E-state index in [0.29, 0.717) is 17.0 Å². The molecule has 0 aromatic heterocycles. The van der Waals surface area contributed by atoms with Crippen LogP contribution in [0.5, 0.6) is 0 Å². The average molecular weight is 418 g/mol. The number of hydrogen-bond acceptors (Lipinski definition) is 3. The lowest BCUT2D eigenvalue weighted by atomic mass is 10.0. The fourth-order valence-electron chi connectivity index (χ4n) is 2.17. The van der Waals surface area contributed by atoms with Gasteiger partial charge in [-0.1, -0.05) is 62.8 Å². The lowest BCUT2D eigenvalue weighted by Gasteiger charge is -2.07. The van der Waals surface area contributed by atoms with Gasteiger partial charge in [-0.05, 0) is 48.5 Å². The minimum atomic E-state index is -0.309. The van der Waals surface area contributed by atoms with Crippen molar-refractivity contribution in [1.29, 1.82) is 0 Å². The van der Waals surface area contributed by atoms with Crippen LogP contribution in [-0.4, -0.2) is 25.1 Å². The summed E-state index contributed by atoms with van der Waals surface area (Å²) < 4.78 is 0. The Morgan fingerprint density at radius 3 is 1.65 bits per heavy atom. The van der Waals surface area contributed by atoms with Crippen molar-refractivity contribution in [2.75, 3.05) is 7.05 Å². The predicted molar refractivity (Wildman–Crippen MR) is 132 cm³/mol. The zero-order valence-corrected chi connectivity index (χ0v) is 18.5. The first kappa shape index (κ1) is 27.0. The Balaban J connectivity index is 5.87. The molecule has 0 heterocycles. The highest BCUT2D eigenvalue weighted by Gasteiger charge is 2.07. The van der Waals surface area contributed by atoms with Crippen molar-refractivity contribution in [3.05, 3.63) is 121 Å².